The summed E-state index contributed by atoms with van der Waals surface area (Å²) in [6.45, 7) is 2.06. The van der Waals surface area contributed by atoms with Gasteiger partial charge in [-0.1, -0.05) is 35.5 Å². The number of nitrogens with one attached hydrogen (secondary N) is 1. The molecule has 4 heteroatoms. The maximum atomic E-state index is 7.35. The van der Waals surface area contributed by atoms with E-state index in [0.29, 0.717) is 5.69 Å². The number of rotatable bonds is 3. The highest BCUT2D eigenvalue weighted by atomic mass is 32.2. The standard InChI is InChI=1S/C13H13N3S/c1-9-5-7-10(8-6-9)17-12-4-2-3-11(16-12)13(14)15/h2-8H,1H3,(H3,14,15). The molecule has 0 radical (unpaired) electrons. The van der Waals surface area contributed by atoms with Crippen LogP contribution in [0, 0.1) is 12.3 Å². The molecule has 17 heavy (non-hydrogen) atoms. The van der Waals surface area contributed by atoms with Crippen LogP contribution in [-0.4, -0.2) is 10.8 Å². The minimum absolute atomic E-state index is 0.00337. The summed E-state index contributed by atoms with van der Waals surface area (Å²) >= 11 is 1.56. The molecule has 0 unspecified atom stereocenters. The van der Waals surface area contributed by atoms with Crippen molar-refractivity contribution < 1.29 is 0 Å². The highest BCUT2D eigenvalue weighted by Crippen LogP contribution is 2.26. The summed E-state index contributed by atoms with van der Waals surface area (Å²) in [6, 6.07) is 13.8. The number of pyridine rings is 1. The normalized spacial score (nSPS) is 10.2. The Morgan fingerprint density at radius 3 is 2.53 bits per heavy atom. The van der Waals surface area contributed by atoms with Gasteiger partial charge in [-0.3, -0.25) is 5.41 Å². The van der Waals surface area contributed by atoms with Crippen molar-refractivity contribution in [1.29, 1.82) is 5.41 Å². The Labute approximate surface area is 105 Å². The zero-order chi connectivity index (χ0) is 12.3. The van der Waals surface area contributed by atoms with Gasteiger partial charge < -0.3 is 5.73 Å². The smallest absolute Gasteiger partial charge is 0.141 e. The van der Waals surface area contributed by atoms with Gasteiger partial charge in [-0.15, -0.1) is 0 Å². The predicted molar refractivity (Wildman–Crippen MR) is 70.6 cm³/mol. The van der Waals surface area contributed by atoms with Gasteiger partial charge in [0.15, 0.2) is 0 Å². The molecule has 0 aliphatic heterocycles. The maximum absolute atomic E-state index is 7.35. The molecule has 3 N–H and O–H groups in total. The molecule has 0 fully saturated rings. The molecular weight excluding hydrogens is 230 g/mol. The Hall–Kier alpha value is -1.81. The predicted octanol–water partition coefficient (Wildman–Crippen LogP) is 2.83. The molecule has 0 bridgehead atoms. The lowest BCUT2D eigenvalue weighted by molar-refractivity contribution is 1.10. The number of benzene rings is 1. The van der Waals surface area contributed by atoms with Gasteiger partial charge in [0.2, 0.25) is 0 Å². The van der Waals surface area contributed by atoms with Crippen LogP contribution in [0.5, 0.6) is 0 Å². The van der Waals surface area contributed by atoms with Gasteiger partial charge in [0, 0.05) is 4.90 Å². The summed E-state index contributed by atoms with van der Waals surface area (Å²) in [5.74, 6) is -0.00337. The van der Waals surface area contributed by atoms with E-state index >= 15 is 0 Å². The highest BCUT2D eigenvalue weighted by Gasteiger charge is 2.02. The number of aryl methyl sites for hydroxylation is 1. The minimum Gasteiger partial charge on any atom is -0.382 e. The fourth-order valence-electron chi connectivity index (χ4n) is 1.35. The van der Waals surface area contributed by atoms with Gasteiger partial charge in [-0.05, 0) is 31.2 Å². The summed E-state index contributed by atoms with van der Waals surface area (Å²) in [5, 5.41) is 8.19. The molecule has 1 aromatic heterocycles. The van der Waals surface area contributed by atoms with E-state index < -0.39 is 0 Å². The quantitative estimate of drug-likeness (QED) is 0.643. The van der Waals surface area contributed by atoms with Crippen LogP contribution in [0.25, 0.3) is 0 Å². The van der Waals surface area contributed by atoms with E-state index in [0.717, 1.165) is 9.92 Å². The largest absolute Gasteiger partial charge is 0.382 e. The topological polar surface area (TPSA) is 62.8 Å². The molecule has 2 rings (SSSR count). The Bertz CT molecular complexity index is 535. The zero-order valence-electron chi connectivity index (χ0n) is 9.47. The van der Waals surface area contributed by atoms with E-state index in [4.69, 9.17) is 11.1 Å². The van der Waals surface area contributed by atoms with Crippen LogP contribution in [0.15, 0.2) is 52.4 Å². The van der Waals surface area contributed by atoms with Crippen molar-refractivity contribution in [3.63, 3.8) is 0 Å². The van der Waals surface area contributed by atoms with E-state index in [1.54, 1.807) is 17.8 Å². The van der Waals surface area contributed by atoms with Crippen molar-refractivity contribution in [2.24, 2.45) is 5.73 Å². The fourth-order valence-corrected chi connectivity index (χ4v) is 2.15. The Balaban J connectivity index is 2.21. The molecule has 0 saturated carbocycles. The van der Waals surface area contributed by atoms with Gasteiger partial charge in [-0.2, -0.15) is 0 Å². The molecule has 0 spiro atoms. The summed E-state index contributed by atoms with van der Waals surface area (Å²) in [4.78, 5) is 5.43. The molecule has 0 amide bonds. The van der Waals surface area contributed by atoms with Gasteiger partial charge in [0.05, 0.1) is 0 Å². The second kappa shape index (κ2) is 5.01. The summed E-state index contributed by atoms with van der Waals surface area (Å²) in [5.41, 5.74) is 7.16. The van der Waals surface area contributed by atoms with E-state index in [9.17, 15) is 0 Å². The zero-order valence-corrected chi connectivity index (χ0v) is 10.3. The van der Waals surface area contributed by atoms with Crippen LogP contribution in [-0.2, 0) is 0 Å². The number of nitrogen functional groups attached to an aromatic ring is 1. The third-order valence-corrected chi connectivity index (χ3v) is 3.19. The average Bonchev–Trinajstić information content (AvgIpc) is 2.32. The molecular formula is C13H13N3S. The minimum atomic E-state index is -0.00337. The first-order chi connectivity index (χ1) is 8.15. The number of aromatic nitrogens is 1. The second-order valence-electron chi connectivity index (χ2n) is 3.69. The van der Waals surface area contributed by atoms with Gasteiger partial charge >= 0.3 is 0 Å². The Morgan fingerprint density at radius 1 is 1.18 bits per heavy atom. The van der Waals surface area contributed by atoms with Crippen LogP contribution >= 0.6 is 11.8 Å². The maximum Gasteiger partial charge on any atom is 0.141 e. The van der Waals surface area contributed by atoms with Crippen molar-refractivity contribution in [1.82, 2.24) is 4.98 Å². The van der Waals surface area contributed by atoms with Gasteiger partial charge in [0.1, 0.15) is 16.6 Å². The molecule has 0 aliphatic rings. The lowest BCUT2D eigenvalue weighted by atomic mass is 10.2. The van der Waals surface area contributed by atoms with Crippen LogP contribution < -0.4 is 5.73 Å². The molecule has 86 valence electrons. The van der Waals surface area contributed by atoms with Crippen molar-refractivity contribution in [3.05, 3.63) is 53.7 Å². The number of nitrogens with two attached hydrogens (primary N) is 1. The SMILES string of the molecule is Cc1ccc(Sc2cccc(C(=N)N)n2)cc1. The molecule has 0 aliphatic carbocycles. The van der Waals surface area contributed by atoms with Crippen molar-refractivity contribution in [2.45, 2.75) is 16.8 Å². The fraction of sp³-hybridized carbons (Fsp3) is 0.0769. The number of hydrogen-bond donors (Lipinski definition) is 2. The van der Waals surface area contributed by atoms with Crippen LogP contribution in [0.2, 0.25) is 0 Å². The third kappa shape index (κ3) is 3.07. The van der Waals surface area contributed by atoms with E-state index in [-0.39, 0.29) is 5.84 Å². The molecule has 2 aromatic rings. The summed E-state index contributed by atoms with van der Waals surface area (Å²) < 4.78 is 0. The number of amidine groups is 1. The lowest BCUT2D eigenvalue weighted by Crippen LogP contribution is -2.12. The number of nitrogens with zero attached hydrogens (tertiary/aromatic N) is 1. The first kappa shape index (κ1) is 11.7. The van der Waals surface area contributed by atoms with Crippen LogP contribution in [0.3, 0.4) is 0 Å². The van der Waals surface area contributed by atoms with Crippen molar-refractivity contribution in [3.8, 4) is 0 Å². The van der Waals surface area contributed by atoms with E-state index in [1.807, 2.05) is 12.1 Å². The van der Waals surface area contributed by atoms with Crippen molar-refractivity contribution >= 4 is 17.6 Å². The van der Waals surface area contributed by atoms with Crippen LogP contribution in [0.4, 0.5) is 0 Å². The van der Waals surface area contributed by atoms with Crippen molar-refractivity contribution in [2.75, 3.05) is 0 Å². The third-order valence-electron chi connectivity index (χ3n) is 2.24. The lowest BCUT2D eigenvalue weighted by Gasteiger charge is -2.03. The molecule has 1 aromatic carbocycles. The summed E-state index contributed by atoms with van der Waals surface area (Å²) in [7, 11) is 0. The molecule has 1 heterocycles. The van der Waals surface area contributed by atoms with Gasteiger partial charge in [0.25, 0.3) is 0 Å². The van der Waals surface area contributed by atoms with Crippen LogP contribution in [0.1, 0.15) is 11.3 Å². The first-order valence-corrected chi connectivity index (χ1v) is 6.03. The Kier molecular flexibility index (Phi) is 3.44. The molecule has 0 saturated heterocycles. The molecule has 0 atom stereocenters. The first-order valence-electron chi connectivity index (χ1n) is 5.21. The monoisotopic (exact) mass is 243 g/mol. The van der Waals surface area contributed by atoms with E-state index in [2.05, 4.69) is 36.2 Å². The van der Waals surface area contributed by atoms with Gasteiger partial charge in [-0.25, -0.2) is 4.98 Å². The summed E-state index contributed by atoms with van der Waals surface area (Å²) in [6.07, 6.45) is 0. The number of hydrogen-bond acceptors (Lipinski definition) is 3. The second-order valence-corrected chi connectivity index (χ2v) is 4.78. The van der Waals surface area contributed by atoms with E-state index in [1.165, 1.54) is 5.56 Å². The molecule has 3 nitrogen and oxygen atoms in total. The Morgan fingerprint density at radius 2 is 1.88 bits per heavy atom. The average molecular weight is 243 g/mol. The highest BCUT2D eigenvalue weighted by molar-refractivity contribution is 7.99.